The summed E-state index contributed by atoms with van der Waals surface area (Å²) in [7, 11) is 0. The van der Waals surface area contributed by atoms with Gasteiger partial charge in [0.2, 0.25) is 5.91 Å². The highest BCUT2D eigenvalue weighted by Gasteiger charge is 2.10. The van der Waals surface area contributed by atoms with Crippen LogP contribution in [0, 0.1) is 28.5 Å². The van der Waals surface area contributed by atoms with Crippen molar-refractivity contribution in [1.29, 1.82) is 10.5 Å². The average Bonchev–Trinajstić information content (AvgIpc) is 2.23. The lowest BCUT2D eigenvalue weighted by Crippen LogP contribution is -2.11. The number of anilines is 1. The van der Waals surface area contributed by atoms with Gasteiger partial charge in [0.25, 0.3) is 0 Å². The first-order valence-corrected chi connectivity index (χ1v) is 4.93. The Kier molecular flexibility index (Phi) is 3.98. The third kappa shape index (κ3) is 2.78. The van der Waals surface area contributed by atoms with Gasteiger partial charge in [-0.05, 0) is 28.1 Å². The molecule has 1 N–H and O–H groups in total. The second-order valence-electron chi connectivity index (χ2n) is 2.81. The quantitative estimate of drug-likeness (QED) is 0.904. The molecule has 0 aliphatic carbocycles. The van der Waals surface area contributed by atoms with Crippen LogP contribution in [-0.2, 0) is 4.79 Å². The van der Waals surface area contributed by atoms with Crippen LogP contribution in [0.15, 0.2) is 16.6 Å². The first kappa shape index (κ1) is 12.2. The van der Waals surface area contributed by atoms with Crippen LogP contribution in [-0.4, -0.2) is 5.91 Å². The topological polar surface area (TPSA) is 76.7 Å². The van der Waals surface area contributed by atoms with Gasteiger partial charge in [-0.2, -0.15) is 10.5 Å². The molecule has 0 saturated carbocycles. The molecule has 0 aromatic heterocycles. The third-order valence-electron chi connectivity index (χ3n) is 1.69. The number of nitriles is 2. The molecule has 6 heteroatoms. The zero-order valence-electron chi connectivity index (χ0n) is 7.92. The van der Waals surface area contributed by atoms with E-state index >= 15 is 0 Å². The molecule has 1 aromatic carbocycles. The van der Waals surface area contributed by atoms with Gasteiger partial charge in [0.1, 0.15) is 18.3 Å². The van der Waals surface area contributed by atoms with E-state index in [-0.39, 0.29) is 22.1 Å². The minimum Gasteiger partial charge on any atom is -0.324 e. The summed E-state index contributed by atoms with van der Waals surface area (Å²) in [6.07, 6.45) is -0.345. The number of rotatable bonds is 2. The third-order valence-corrected chi connectivity index (χ3v) is 2.30. The van der Waals surface area contributed by atoms with Crippen molar-refractivity contribution in [3.63, 3.8) is 0 Å². The van der Waals surface area contributed by atoms with Crippen LogP contribution in [0.1, 0.15) is 12.0 Å². The summed E-state index contributed by atoms with van der Waals surface area (Å²) in [4.78, 5) is 11.1. The van der Waals surface area contributed by atoms with E-state index in [9.17, 15) is 9.18 Å². The molecular weight excluding hydrogens is 277 g/mol. The summed E-state index contributed by atoms with van der Waals surface area (Å²) in [6.45, 7) is 0. The van der Waals surface area contributed by atoms with Crippen molar-refractivity contribution >= 4 is 27.5 Å². The Morgan fingerprint density at radius 2 is 2.19 bits per heavy atom. The largest absolute Gasteiger partial charge is 0.324 e. The zero-order valence-corrected chi connectivity index (χ0v) is 9.51. The highest BCUT2D eigenvalue weighted by atomic mass is 79.9. The number of nitrogens with one attached hydrogen (secondary N) is 1. The van der Waals surface area contributed by atoms with E-state index in [1.54, 1.807) is 6.07 Å². The van der Waals surface area contributed by atoms with E-state index in [4.69, 9.17) is 10.5 Å². The number of carbonyl (C=O) groups is 1. The normalized spacial score (nSPS) is 9.00. The Balaban J connectivity index is 3.05. The maximum atomic E-state index is 13.2. The number of carbonyl (C=O) groups excluding carboxylic acids is 1. The Morgan fingerprint density at radius 3 is 2.75 bits per heavy atom. The smallest absolute Gasteiger partial charge is 0.238 e. The van der Waals surface area contributed by atoms with Crippen molar-refractivity contribution in [1.82, 2.24) is 0 Å². The lowest BCUT2D eigenvalue weighted by molar-refractivity contribution is -0.115. The zero-order chi connectivity index (χ0) is 12.1. The number of hydrogen-bond acceptors (Lipinski definition) is 3. The summed E-state index contributed by atoms with van der Waals surface area (Å²) in [6, 6.07) is 5.76. The number of amides is 1. The average molecular weight is 282 g/mol. The molecule has 0 radical (unpaired) electrons. The summed E-state index contributed by atoms with van der Waals surface area (Å²) >= 11 is 2.93. The predicted octanol–water partition coefficient (Wildman–Crippen LogP) is 2.31. The van der Waals surface area contributed by atoms with E-state index in [0.717, 1.165) is 6.07 Å². The van der Waals surface area contributed by atoms with Crippen LogP contribution in [0.2, 0.25) is 0 Å². The van der Waals surface area contributed by atoms with Crippen molar-refractivity contribution < 1.29 is 9.18 Å². The van der Waals surface area contributed by atoms with Gasteiger partial charge in [0, 0.05) is 0 Å². The highest BCUT2D eigenvalue weighted by molar-refractivity contribution is 9.10. The first-order chi connectivity index (χ1) is 7.58. The van der Waals surface area contributed by atoms with Crippen LogP contribution < -0.4 is 5.32 Å². The Hall–Kier alpha value is -1.92. The van der Waals surface area contributed by atoms with E-state index < -0.39 is 11.7 Å². The van der Waals surface area contributed by atoms with Gasteiger partial charge in [-0.15, -0.1) is 0 Å². The molecular formula is C10H5BrFN3O. The number of nitrogens with zero attached hydrogens (tertiary/aromatic N) is 2. The lowest BCUT2D eigenvalue weighted by atomic mass is 10.2. The molecule has 1 amide bonds. The van der Waals surface area contributed by atoms with E-state index in [2.05, 4.69) is 21.2 Å². The summed E-state index contributed by atoms with van der Waals surface area (Å²) in [5.41, 5.74) is 0.183. The van der Waals surface area contributed by atoms with Crippen molar-refractivity contribution in [3.8, 4) is 12.1 Å². The van der Waals surface area contributed by atoms with E-state index in [1.165, 1.54) is 6.07 Å². The Morgan fingerprint density at radius 1 is 1.50 bits per heavy atom. The molecule has 0 bridgehead atoms. The molecule has 4 nitrogen and oxygen atoms in total. The molecule has 0 unspecified atom stereocenters. The Bertz CT molecular complexity index is 516. The lowest BCUT2D eigenvalue weighted by Gasteiger charge is -2.06. The molecule has 80 valence electrons. The van der Waals surface area contributed by atoms with E-state index in [1.807, 2.05) is 6.07 Å². The van der Waals surface area contributed by atoms with Gasteiger partial charge >= 0.3 is 0 Å². The van der Waals surface area contributed by atoms with E-state index in [0.29, 0.717) is 0 Å². The van der Waals surface area contributed by atoms with Gasteiger partial charge in [0.05, 0.1) is 21.8 Å². The summed E-state index contributed by atoms with van der Waals surface area (Å²) in [5.74, 6) is -1.17. The van der Waals surface area contributed by atoms with Crippen LogP contribution in [0.4, 0.5) is 10.1 Å². The first-order valence-electron chi connectivity index (χ1n) is 4.14. The van der Waals surface area contributed by atoms with Gasteiger partial charge in [-0.3, -0.25) is 4.79 Å². The Labute approximate surface area is 99.4 Å². The molecule has 0 fully saturated rings. The molecule has 1 aromatic rings. The fourth-order valence-corrected chi connectivity index (χ4v) is 1.35. The second-order valence-corrected chi connectivity index (χ2v) is 3.66. The van der Waals surface area contributed by atoms with Crippen LogP contribution in [0.25, 0.3) is 0 Å². The number of hydrogen-bond donors (Lipinski definition) is 1. The van der Waals surface area contributed by atoms with Crippen LogP contribution in [0.5, 0.6) is 0 Å². The standard InChI is InChI=1S/C10H5BrFN3O/c11-7-3-6(5-14)9(4-8(7)12)15-10(16)1-2-13/h3-4H,1H2,(H,15,16). The van der Waals surface area contributed by atoms with Crippen molar-refractivity contribution in [3.05, 3.63) is 28.0 Å². The van der Waals surface area contributed by atoms with Crippen LogP contribution >= 0.6 is 15.9 Å². The predicted molar refractivity (Wildman–Crippen MR) is 57.7 cm³/mol. The molecule has 0 aliphatic heterocycles. The molecule has 0 spiro atoms. The number of halogens is 2. The maximum absolute atomic E-state index is 13.2. The van der Waals surface area contributed by atoms with Crippen molar-refractivity contribution in [2.75, 3.05) is 5.32 Å². The maximum Gasteiger partial charge on any atom is 0.238 e. The minimum absolute atomic E-state index is 0.0588. The minimum atomic E-state index is -0.591. The summed E-state index contributed by atoms with van der Waals surface area (Å²) in [5, 5.41) is 19.3. The highest BCUT2D eigenvalue weighted by Crippen LogP contribution is 2.24. The monoisotopic (exact) mass is 281 g/mol. The van der Waals surface area contributed by atoms with Gasteiger partial charge in [0.15, 0.2) is 0 Å². The van der Waals surface area contributed by atoms with Gasteiger partial charge in [-0.1, -0.05) is 0 Å². The molecule has 0 saturated heterocycles. The molecule has 1 rings (SSSR count). The van der Waals surface area contributed by atoms with Gasteiger partial charge in [-0.25, -0.2) is 4.39 Å². The van der Waals surface area contributed by atoms with Crippen molar-refractivity contribution in [2.45, 2.75) is 6.42 Å². The van der Waals surface area contributed by atoms with Crippen molar-refractivity contribution in [2.24, 2.45) is 0 Å². The SMILES string of the molecule is N#CCC(=O)Nc1cc(F)c(Br)cc1C#N. The molecule has 0 aliphatic rings. The molecule has 0 heterocycles. The van der Waals surface area contributed by atoms with Gasteiger partial charge < -0.3 is 5.32 Å². The fraction of sp³-hybridized carbons (Fsp3) is 0.100. The molecule has 16 heavy (non-hydrogen) atoms. The fourth-order valence-electron chi connectivity index (χ4n) is 1.01. The summed E-state index contributed by atoms with van der Waals surface area (Å²) < 4.78 is 13.3. The van der Waals surface area contributed by atoms with Crippen LogP contribution in [0.3, 0.4) is 0 Å². The second kappa shape index (κ2) is 5.24. The molecule has 0 atom stereocenters. The number of benzene rings is 1.